The number of carbonyl (C=O) groups excluding carboxylic acids is 1. The molecule has 1 N–H and O–H groups in total. The Labute approximate surface area is 153 Å². The Hall–Kier alpha value is -1.00. The van der Waals surface area contributed by atoms with Crippen LogP contribution in [0, 0.1) is 5.92 Å². The number of thioether (sulfide) groups is 1. The van der Waals surface area contributed by atoms with E-state index in [1.807, 2.05) is 12.1 Å². The van der Waals surface area contributed by atoms with Crippen LogP contribution in [0.25, 0.3) is 0 Å². The lowest BCUT2D eigenvalue weighted by Crippen LogP contribution is -2.13. The van der Waals surface area contributed by atoms with Gasteiger partial charge in [0.25, 0.3) is 0 Å². The minimum atomic E-state index is -0.839. The van der Waals surface area contributed by atoms with Gasteiger partial charge in [-0.2, -0.15) is 0 Å². The fourth-order valence-corrected chi connectivity index (χ4v) is 4.77. The van der Waals surface area contributed by atoms with Gasteiger partial charge in [-0.15, -0.1) is 0 Å². The van der Waals surface area contributed by atoms with Gasteiger partial charge >= 0.3 is 5.97 Å². The van der Waals surface area contributed by atoms with Crippen LogP contribution in [0.2, 0.25) is 5.02 Å². The molecule has 1 aliphatic carbocycles. The van der Waals surface area contributed by atoms with Crippen molar-refractivity contribution in [3.63, 3.8) is 0 Å². The SMILES string of the molecule is CC(=O)SC(CC(C)C(=O)O)c1ccc(C2CCCCC2)c(Cl)c1. The molecule has 1 aromatic carbocycles. The van der Waals surface area contributed by atoms with Crippen molar-refractivity contribution in [2.75, 3.05) is 0 Å². The lowest BCUT2D eigenvalue weighted by Gasteiger charge is -2.24. The van der Waals surface area contributed by atoms with E-state index in [0.717, 1.165) is 10.6 Å². The summed E-state index contributed by atoms with van der Waals surface area (Å²) in [5.74, 6) is -0.815. The van der Waals surface area contributed by atoms with Crippen molar-refractivity contribution in [1.82, 2.24) is 0 Å². The molecular formula is C19H25ClO3S. The van der Waals surface area contributed by atoms with Crippen molar-refractivity contribution in [2.24, 2.45) is 5.92 Å². The van der Waals surface area contributed by atoms with Gasteiger partial charge < -0.3 is 5.11 Å². The summed E-state index contributed by atoms with van der Waals surface area (Å²) in [5.41, 5.74) is 2.13. The van der Waals surface area contributed by atoms with E-state index in [-0.39, 0.29) is 10.4 Å². The molecule has 5 heteroatoms. The molecule has 0 heterocycles. The summed E-state index contributed by atoms with van der Waals surface area (Å²) < 4.78 is 0. The lowest BCUT2D eigenvalue weighted by molar-refractivity contribution is -0.141. The predicted octanol–water partition coefficient (Wildman–Crippen LogP) is 5.82. The smallest absolute Gasteiger partial charge is 0.306 e. The zero-order chi connectivity index (χ0) is 17.7. The molecule has 0 amide bonds. The number of hydrogen-bond donors (Lipinski definition) is 1. The molecule has 0 aromatic heterocycles. The third-order valence-electron chi connectivity index (χ3n) is 4.74. The number of carbonyl (C=O) groups is 2. The number of aliphatic carboxylic acids is 1. The summed E-state index contributed by atoms with van der Waals surface area (Å²) in [6.45, 7) is 3.19. The topological polar surface area (TPSA) is 54.4 Å². The molecule has 2 unspecified atom stereocenters. The van der Waals surface area contributed by atoms with Gasteiger partial charge in [0.05, 0.1) is 5.92 Å². The van der Waals surface area contributed by atoms with Crippen LogP contribution in [0.5, 0.6) is 0 Å². The van der Waals surface area contributed by atoms with Gasteiger partial charge in [0.2, 0.25) is 0 Å². The molecule has 1 aromatic rings. The van der Waals surface area contributed by atoms with Gasteiger partial charge in [-0.3, -0.25) is 9.59 Å². The van der Waals surface area contributed by atoms with E-state index in [9.17, 15) is 9.59 Å². The second-order valence-electron chi connectivity index (χ2n) is 6.69. The summed E-state index contributed by atoms with van der Waals surface area (Å²) in [7, 11) is 0. The molecule has 0 saturated heterocycles. The minimum Gasteiger partial charge on any atom is -0.481 e. The number of benzene rings is 1. The molecule has 24 heavy (non-hydrogen) atoms. The highest BCUT2D eigenvalue weighted by atomic mass is 35.5. The third kappa shape index (κ3) is 5.25. The molecule has 3 nitrogen and oxygen atoms in total. The fourth-order valence-electron chi connectivity index (χ4n) is 3.36. The second kappa shape index (κ2) is 8.91. The van der Waals surface area contributed by atoms with Crippen LogP contribution in [0.1, 0.15) is 74.7 Å². The Morgan fingerprint density at radius 1 is 1.29 bits per heavy atom. The van der Waals surface area contributed by atoms with Gasteiger partial charge in [0, 0.05) is 17.2 Å². The molecule has 0 aliphatic heterocycles. The zero-order valence-corrected chi connectivity index (χ0v) is 15.8. The Morgan fingerprint density at radius 2 is 1.96 bits per heavy atom. The van der Waals surface area contributed by atoms with Crippen molar-refractivity contribution in [3.8, 4) is 0 Å². The number of rotatable bonds is 6. The van der Waals surface area contributed by atoms with E-state index in [0.29, 0.717) is 12.3 Å². The van der Waals surface area contributed by atoms with Crippen LogP contribution in [-0.2, 0) is 9.59 Å². The molecule has 1 fully saturated rings. The van der Waals surface area contributed by atoms with Crippen molar-refractivity contribution in [1.29, 1.82) is 0 Å². The number of carboxylic acids is 1. The standard InChI is InChI=1S/C19H25ClO3S/c1-12(19(22)23)10-18(24-13(2)21)15-8-9-16(17(20)11-15)14-6-4-3-5-7-14/h8-9,11-12,14,18H,3-7,10H2,1-2H3,(H,22,23). The monoisotopic (exact) mass is 368 g/mol. The van der Waals surface area contributed by atoms with Gasteiger partial charge in [-0.1, -0.05) is 61.7 Å². The van der Waals surface area contributed by atoms with Crippen LogP contribution in [0.4, 0.5) is 0 Å². The molecular weight excluding hydrogens is 344 g/mol. The number of hydrogen-bond acceptors (Lipinski definition) is 3. The molecule has 2 atom stereocenters. The normalized spacial score (nSPS) is 18.1. The Morgan fingerprint density at radius 3 is 2.50 bits per heavy atom. The molecule has 132 valence electrons. The van der Waals surface area contributed by atoms with Crippen LogP contribution in [-0.4, -0.2) is 16.2 Å². The van der Waals surface area contributed by atoms with Gasteiger partial charge in [-0.05, 0) is 42.4 Å². The Kier molecular flexibility index (Phi) is 7.17. The molecule has 0 radical (unpaired) electrons. The van der Waals surface area contributed by atoms with E-state index in [4.69, 9.17) is 16.7 Å². The van der Waals surface area contributed by atoms with Gasteiger partial charge in [0.1, 0.15) is 0 Å². The molecule has 0 spiro atoms. The highest BCUT2D eigenvalue weighted by molar-refractivity contribution is 8.13. The van der Waals surface area contributed by atoms with E-state index in [1.165, 1.54) is 56.4 Å². The van der Waals surface area contributed by atoms with Gasteiger partial charge in [-0.25, -0.2) is 0 Å². The number of carboxylic acid groups (broad SMARTS) is 1. The van der Waals surface area contributed by atoms with E-state index in [1.54, 1.807) is 6.92 Å². The second-order valence-corrected chi connectivity index (χ2v) is 8.48. The average Bonchev–Trinajstić information content (AvgIpc) is 2.54. The van der Waals surface area contributed by atoms with Crippen LogP contribution in [0.3, 0.4) is 0 Å². The minimum absolute atomic E-state index is 0.00920. The summed E-state index contributed by atoms with van der Waals surface area (Å²) >= 11 is 7.72. The van der Waals surface area contributed by atoms with Crippen LogP contribution in [0.15, 0.2) is 18.2 Å². The zero-order valence-electron chi connectivity index (χ0n) is 14.3. The van der Waals surface area contributed by atoms with Crippen LogP contribution >= 0.6 is 23.4 Å². The first-order valence-electron chi connectivity index (χ1n) is 8.58. The van der Waals surface area contributed by atoms with Crippen molar-refractivity contribution in [3.05, 3.63) is 34.3 Å². The van der Waals surface area contributed by atoms with Crippen LogP contribution < -0.4 is 0 Å². The molecule has 0 bridgehead atoms. The maximum absolute atomic E-state index is 11.6. The molecule has 1 saturated carbocycles. The lowest BCUT2D eigenvalue weighted by atomic mass is 9.83. The van der Waals surface area contributed by atoms with Crippen molar-refractivity contribution < 1.29 is 14.7 Å². The first-order valence-corrected chi connectivity index (χ1v) is 9.83. The summed E-state index contributed by atoms with van der Waals surface area (Å²) in [5, 5.41) is 9.72. The largest absolute Gasteiger partial charge is 0.481 e. The summed E-state index contributed by atoms with van der Waals surface area (Å²) in [4.78, 5) is 22.7. The van der Waals surface area contributed by atoms with Crippen molar-refractivity contribution in [2.45, 2.75) is 63.5 Å². The fraction of sp³-hybridized carbons (Fsp3) is 0.579. The van der Waals surface area contributed by atoms with E-state index < -0.39 is 11.9 Å². The Balaban J connectivity index is 2.21. The first kappa shape index (κ1) is 19.3. The highest BCUT2D eigenvalue weighted by Crippen LogP contribution is 2.40. The average molecular weight is 369 g/mol. The number of halogens is 1. The van der Waals surface area contributed by atoms with E-state index in [2.05, 4.69) is 6.07 Å². The summed E-state index contributed by atoms with van der Waals surface area (Å²) in [6.07, 6.45) is 6.58. The first-order chi connectivity index (χ1) is 11.4. The highest BCUT2D eigenvalue weighted by Gasteiger charge is 2.24. The maximum Gasteiger partial charge on any atom is 0.306 e. The summed E-state index contributed by atoms with van der Waals surface area (Å²) in [6, 6.07) is 6.03. The van der Waals surface area contributed by atoms with E-state index >= 15 is 0 Å². The molecule has 1 aliphatic rings. The maximum atomic E-state index is 11.6. The quantitative estimate of drug-likeness (QED) is 0.687. The van der Waals surface area contributed by atoms with Crippen molar-refractivity contribution >= 4 is 34.4 Å². The molecule has 2 rings (SSSR count). The predicted molar refractivity (Wildman–Crippen MR) is 99.7 cm³/mol. The third-order valence-corrected chi connectivity index (χ3v) is 6.15. The Bertz CT molecular complexity index is 596. The van der Waals surface area contributed by atoms with Gasteiger partial charge in [0.15, 0.2) is 5.12 Å².